The second-order valence-electron chi connectivity index (χ2n) is 4.61. The van der Waals surface area contributed by atoms with Crippen LogP contribution < -0.4 is 5.32 Å². The summed E-state index contributed by atoms with van der Waals surface area (Å²) in [7, 11) is 0. The molecule has 1 aromatic rings. The van der Waals surface area contributed by atoms with Gasteiger partial charge in [-0.1, -0.05) is 6.07 Å². The molecule has 1 fully saturated rings. The van der Waals surface area contributed by atoms with Gasteiger partial charge in [-0.2, -0.15) is 0 Å². The predicted octanol–water partition coefficient (Wildman–Crippen LogP) is 2.16. The van der Waals surface area contributed by atoms with Gasteiger partial charge in [0.05, 0.1) is 12.7 Å². The number of hydrogen-bond donors (Lipinski definition) is 2. The average molecular weight is 257 g/mol. The third-order valence-corrected chi connectivity index (χ3v) is 2.84. The van der Waals surface area contributed by atoms with Crippen LogP contribution in [-0.4, -0.2) is 31.0 Å². The zero-order chi connectivity index (χ0) is 13.0. The van der Waals surface area contributed by atoms with Crippen LogP contribution in [0.5, 0.6) is 0 Å². The van der Waals surface area contributed by atoms with Gasteiger partial charge in [0.25, 0.3) is 0 Å². The van der Waals surface area contributed by atoms with Gasteiger partial charge in [0.2, 0.25) is 0 Å². The van der Waals surface area contributed by atoms with Gasteiger partial charge in [-0.25, -0.2) is 8.78 Å². The first kappa shape index (κ1) is 13.2. The summed E-state index contributed by atoms with van der Waals surface area (Å²) in [5, 5.41) is 12.1. The highest BCUT2D eigenvalue weighted by Gasteiger charge is 2.21. The number of halogens is 2. The third-order valence-electron chi connectivity index (χ3n) is 2.84. The van der Waals surface area contributed by atoms with E-state index in [1.165, 1.54) is 31.0 Å². The molecule has 1 saturated carbocycles. The van der Waals surface area contributed by atoms with E-state index < -0.39 is 17.7 Å². The summed E-state index contributed by atoms with van der Waals surface area (Å²) in [6, 6.07) is 3.63. The summed E-state index contributed by atoms with van der Waals surface area (Å²) in [5.74, 6) is -0.698. The molecule has 1 unspecified atom stereocenters. The first-order chi connectivity index (χ1) is 8.66. The fourth-order valence-electron chi connectivity index (χ4n) is 1.60. The molecule has 5 heteroatoms. The van der Waals surface area contributed by atoms with Gasteiger partial charge in [0, 0.05) is 13.2 Å². The number of hydrogen-bond acceptors (Lipinski definition) is 3. The number of para-hydroxylation sites is 1. The summed E-state index contributed by atoms with van der Waals surface area (Å²) >= 11 is 0. The van der Waals surface area contributed by atoms with Gasteiger partial charge < -0.3 is 15.2 Å². The molecular weight excluding hydrogens is 240 g/mol. The highest BCUT2D eigenvalue weighted by molar-refractivity contribution is 5.46. The highest BCUT2D eigenvalue weighted by atomic mass is 19.1. The number of anilines is 1. The topological polar surface area (TPSA) is 41.5 Å². The lowest BCUT2D eigenvalue weighted by atomic mass is 10.2. The molecule has 100 valence electrons. The summed E-state index contributed by atoms with van der Waals surface area (Å²) in [5.41, 5.74) is -0.209. The van der Waals surface area contributed by atoms with Crippen LogP contribution in [0.15, 0.2) is 18.2 Å². The first-order valence-electron chi connectivity index (χ1n) is 6.10. The van der Waals surface area contributed by atoms with E-state index in [4.69, 9.17) is 4.74 Å². The number of benzene rings is 1. The Hall–Kier alpha value is -1.20. The van der Waals surface area contributed by atoms with E-state index in [1.54, 1.807) is 0 Å². The van der Waals surface area contributed by atoms with Crippen molar-refractivity contribution in [3.63, 3.8) is 0 Å². The maximum absolute atomic E-state index is 13.3. The molecule has 0 radical (unpaired) electrons. The van der Waals surface area contributed by atoms with Crippen molar-refractivity contribution in [3.8, 4) is 0 Å². The molecule has 2 rings (SSSR count). The number of nitrogens with one attached hydrogen (secondary N) is 1. The maximum Gasteiger partial charge on any atom is 0.149 e. The molecule has 2 N–H and O–H groups in total. The van der Waals surface area contributed by atoms with Gasteiger partial charge in [-0.3, -0.25) is 0 Å². The molecule has 0 bridgehead atoms. The zero-order valence-corrected chi connectivity index (χ0v) is 10.0. The van der Waals surface area contributed by atoms with E-state index in [9.17, 15) is 13.9 Å². The van der Waals surface area contributed by atoms with Crippen LogP contribution in [0.2, 0.25) is 0 Å². The molecule has 3 nitrogen and oxygen atoms in total. The third kappa shape index (κ3) is 3.92. The second kappa shape index (κ2) is 6.11. The molecule has 0 spiro atoms. The van der Waals surface area contributed by atoms with E-state index in [0.29, 0.717) is 12.5 Å². The van der Waals surface area contributed by atoms with E-state index in [2.05, 4.69) is 5.32 Å². The van der Waals surface area contributed by atoms with Gasteiger partial charge in [-0.05, 0) is 30.9 Å². The van der Waals surface area contributed by atoms with Gasteiger partial charge >= 0.3 is 0 Å². The van der Waals surface area contributed by atoms with E-state index in [0.717, 1.165) is 0 Å². The molecule has 0 aromatic heterocycles. The Labute approximate surface area is 105 Å². The minimum atomic E-state index is -0.775. The van der Waals surface area contributed by atoms with Crippen molar-refractivity contribution in [2.75, 3.05) is 25.1 Å². The largest absolute Gasteiger partial charge is 0.389 e. The van der Waals surface area contributed by atoms with Crippen molar-refractivity contribution >= 4 is 5.69 Å². The summed E-state index contributed by atoms with van der Waals surface area (Å²) in [4.78, 5) is 0. The Balaban J connectivity index is 1.72. The van der Waals surface area contributed by atoms with Crippen molar-refractivity contribution in [3.05, 3.63) is 29.8 Å². The smallest absolute Gasteiger partial charge is 0.149 e. The molecule has 1 aromatic carbocycles. The van der Waals surface area contributed by atoms with E-state index in [1.807, 2.05) is 0 Å². The Morgan fingerprint density at radius 2 is 2.00 bits per heavy atom. The molecule has 0 aliphatic heterocycles. The molecule has 18 heavy (non-hydrogen) atoms. The average Bonchev–Trinajstić information content (AvgIpc) is 3.12. The Morgan fingerprint density at radius 3 is 2.61 bits per heavy atom. The molecule has 1 aliphatic carbocycles. The quantitative estimate of drug-likeness (QED) is 0.786. The van der Waals surface area contributed by atoms with Crippen LogP contribution in [0.3, 0.4) is 0 Å². The van der Waals surface area contributed by atoms with Crippen LogP contribution >= 0.6 is 0 Å². The van der Waals surface area contributed by atoms with Crippen molar-refractivity contribution in [1.29, 1.82) is 0 Å². The van der Waals surface area contributed by atoms with Gasteiger partial charge in [-0.15, -0.1) is 0 Å². The summed E-state index contributed by atoms with van der Waals surface area (Å²) in [6.45, 7) is 0.896. The van der Waals surface area contributed by atoms with Crippen LogP contribution in [0.25, 0.3) is 0 Å². The minimum absolute atomic E-state index is 0.0581. The van der Waals surface area contributed by atoms with Crippen LogP contribution in [0, 0.1) is 17.6 Å². The first-order valence-corrected chi connectivity index (χ1v) is 6.10. The summed E-state index contributed by atoms with van der Waals surface area (Å²) < 4.78 is 31.8. The molecule has 1 atom stereocenters. The van der Waals surface area contributed by atoms with Crippen LogP contribution in [0.4, 0.5) is 14.5 Å². The number of aliphatic hydroxyl groups excluding tert-OH is 1. The Morgan fingerprint density at radius 1 is 1.33 bits per heavy atom. The van der Waals surface area contributed by atoms with Crippen LogP contribution in [0.1, 0.15) is 12.8 Å². The fourth-order valence-corrected chi connectivity index (χ4v) is 1.60. The van der Waals surface area contributed by atoms with Crippen molar-refractivity contribution < 1.29 is 18.6 Å². The monoisotopic (exact) mass is 257 g/mol. The normalized spacial score (nSPS) is 16.6. The van der Waals surface area contributed by atoms with Crippen molar-refractivity contribution in [1.82, 2.24) is 0 Å². The van der Waals surface area contributed by atoms with Gasteiger partial charge in [0.15, 0.2) is 0 Å². The van der Waals surface area contributed by atoms with Gasteiger partial charge in [0.1, 0.15) is 17.3 Å². The second-order valence-corrected chi connectivity index (χ2v) is 4.61. The van der Waals surface area contributed by atoms with Crippen LogP contribution in [-0.2, 0) is 4.74 Å². The maximum atomic E-state index is 13.3. The van der Waals surface area contributed by atoms with Crippen molar-refractivity contribution in [2.45, 2.75) is 18.9 Å². The number of aliphatic hydroxyl groups is 1. The minimum Gasteiger partial charge on any atom is -0.389 e. The molecule has 1 aliphatic rings. The SMILES string of the molecule is OC(CNc1c(F)cccc1F)COCC1CC1. The van der Waals surface area contributed by atoms with E-state index in [-0.39, 0.29) is 18.8 Å². The number of rotatable bonds is 7. The molecular formula is C13H17F2NO2. The summed E-state index contributed by atoms with van der Waals surface area (Å²) in [6.07, 6.45) is 1.60. The Bertz CT molecular complexity index is 376. The van der Waals surface area contributed by atoms with Crippen molar-refractivity contribution in [2.24, 2.45) is 5.92 Å². The highest BCUT2D eigenvalue weighted by Crippen LogP contribution is 2.28. The lowest BCUT2D eigenvalue weighted by molar-refractivity contribution is 0.0385. The number of ether oxygens (including phenoxy) is 1. The molecule has 0 heterocycles. The molecule has 0 amide bonds. The van der Waals surface area contributed by atoms with E-state index >= 15 is 0 Å². The zero-order valence-electron chi connectivity index (χ0n) is 10.0. The fraction of sp³-hybridized carbons (Fsp3) is 0.538. The molecule has 0 saturated heterocycles. The standard InChI is InChI=1S/C13H17F2NO2/c14-11-2-1-3-12(15)13(11)16-6-10(17)8-18-7-9-4-5-9/h1-3,9-10,16-17H,4-8H2. The lowest BCUT2D eigenvalue weighted by Gasteiger charge is -2.14. The predicted molar refractivity (Wildman–Crippen MR) is 64.4 cm³/mol. The lowest BCUT2D eigenvalue weighted by Crippen LogP contribution is -2.26. The Kier molecular flexibility index (Phi) is 4.49.